The lowest BCUT2D eigenvalue weighted by atomic mass is 9.89. The number of benzene rings is 2. The monoisotopic (exact) mass is 292 g/mol. The van der Waals surface area contributed by atoms with Crippen molar-refractivity contribution in [3.63, 3.8) is 0 Å². The molecule has 22 heavy (non-hydrogen) atoms. The van der Waals surface area contributed by atoms with Crippen LogP contribution in [0, 0.1) is 6.92 Å². The van der Waals surface area contributed by atoms with E-state index in [-0.39, 0.29) is 0 Å². The van der Waals surface area contributed by atoms with E-state index in [1.165, 1.54) is 22.4 Å². The summed E-state index contributed by atoms with van der Waals surface area (Å²) >= 11 is 0. The Kier molecular flexibility index (Phi) is 3.16. The molecule has 3 heteroatoms. The van der Waals surface area contributed by atoms with E-state index in [4.69, 9.17) is 0 Å². The Morgan fingerprint density at radius 2 is 2.05 bits per heavy atom. The van der Waals surface area contributed by atoms with E-state index in [1.807, 2.05) is 12.1 Å². The molecule has 1 fully saturated rings. The van der Waals surface area contributed by atoms with Crippen LogP contribution in [0.2, 0.25) is 0 Å². The van der Waals surface area contributed by atoms with Crippen molar-refractivity contribution in [2.75, 3.05) is 13.1 Å². The van der Waals surface area contributed by atoms with E-state index in [0.717, 1.165) is 25.2 Å². The van der Waals surface area contributed by atoms with Crippen molar-refractivity contribution in [3.8, 4) is 5.75 Å². The van der Waals surface area contributed by atoms with Crippen LogP contribution in [0.1, 0.15) is 16.7 Å². The van der Waals surface area contributed by atoms with Crippen LogP contribution in [0.4, 0.5) is 0 Å². The van der Waals surface area contributed by atoms with Crippen LogP contribution in [0.3, 0.4) is 0 Å². The average Bonchev–Trinajstić information content (AvgIpc) is 2.91. The quantitative estimate of drug-likeness (QED) is 0.913. The Morgan fingerprint density at radius 1 is 1.18 bits per heavy atom. The molecule has 3 nitrogen and oxygen atoms in total. The van der Waals surface area contributed by atoms with Gasteiger partial charge in [-0.05, 0) is 35.8 Å². The third-order valence-corrected chi connectivity index (χ3v) is 4.69. The van der Waals surface area contributed by atoms with E-state index in [0.29, 0.717) is 11.8 Å². The molecule has 1 atom stereocenters. The van der Waals surface area contributed by atoms with Gasteiger partial charge in [-0.1, -0.05) is 36.4 Å². The molecule has 0 aliphatic carbocycles. The summed E-state index contributed by atoms with van der Waals surface area (Å²) in [6, 6.07) is 16.6. The molecule has 2 N–H and O–H groups in total. The number of aromatic hydroxyl groups is 1. The van der Waals surface area contributed by atoms with Crippen molar-refractivity contribution in [1.82, 2.24) is 10.2 Å². The lowest BCUT2D eigenvalue weighted by Crippen LogP contribution is -2.44. The third-order valence-electron chi connectivity index (χ3n) is 4.69. The first-order chi connectivity index (χ1) is 10.7. The van der Waals surface area contributed by atoms with E-state index in [1.54, 1.807) is 6.07 Å². The maximum Gasteiger partial charge on any atom is 0.115 e. The molecule has 2 heterocycles. The van der Waals surface area contributed by atoms with Crippen molar-refractivity contribution in [3.05, 3.63) is 70.8 Å². The molecule has 2 aromatic carbocycles. The predicted molar refractivity (Wildman–Crippen MR) is 88.4 cm³/mol. The fourth-order valence-corrected chi connectivity index (χ4v) is 3.61. The maximum absolute atomic E-state index is 9.69. The van der Waals surface area contributed by atoms with Crippen LogP contribution in [-0.2, 0) is 6.54 Å². The molecule has 112 valence electrons. The first-order valence-electron chi connectivity index (χ1n) is 7.78. The first-order valence-corrected chi connectivity index (χ1v) is 7.78. The van der Waals surface area contributed by atoms with Gasteiger partial charge in [-0.3, -0.25) is 0 Å². The summed E-state index contributed by atoms with van der Waals surface area (Å²) < 4.78 is 0. The fraction of sp³-hybridized carbons (Fsp3) is 0.263. The smallest absolute Gasteiger partial charge is 0.115 e. The molecule has 4 rings (SSSR count). The normalized spacial score (nSPS) is 20.0. The van der Waals surface area contributed by atoms with Crippen LogP contribution in [0.25, 0.3) is 5.70 Å². The first kappa shape index (κ1) is 13.4. The predicted octanol–water partition coefficient (Wildman–Crippen LogP) is 2.90. The summed E-state index contributed by atoms with van der Waals surface area (Å²) in [5.41, 5.74) is 6.69. The zero-order valence-electron chi connectivity index (χ0n) is 12.7. The molecule has 0 amide bonds. The summed E-state index contributed by atoms with van der Waals surface area (Å²) in [5.74, 6) is 0.337. The number of rotatable bonds is 3. The average molecular weight is 292 g/mol. The minimum absolute atomic E-state index is 0.337. The number of hydrogen-bond acceptors (Lipinski definition) is 3. The standard InChI is InChI=1S/C19H20N2O/c1-13-5-2-3-8-16(13)19-17-10-20-11-18(17)21(19)12-14-6-4-7-15(22)9-14/h2-9,18,20,22H,10-12H2,1H3. The zero-order chi connectivity index (χ0) is 15.1. The van der Waals surface area contributed by atoms with Gasteiger partial charge in [0.15, 0.2) is 0 Å². The van der Waals surface area contributed by atoms with Crippen molar-refractivity contribution in [1.29, 1.82) is 0 Å². The maximum atomic E-state index is 9.69. The minimum atomic E-state index is 0.337. The van der Waals surface area contributed by atoms with Crippen LogP contribution in [0.15, 0.2) is 54.1 Å². The topological polar surface area (TPSA) is 35.5 Å². The van der Waals surface area contributed by atoms with Gasteiger partial charge in [0.05, 0.1) is 6.04 Å². The van der Waals surface area contributed by atoms with Gasteiger partial charge in [0.25, 0.3) is 0 Å². The van der Waals surface area contributed by atoms with Crippen molar-refractivity contribution in [2.45, 2.75) is 19.5 Å². The van der Waals surface area contributed by atoms with Gasteiger partial charge < -0.3 is 15.3 Å². The van der Waals surface area contributed by atoms with Crippen LogP contribution in [-0.4, -0.2) is 29.1 Å². The molecule has 0 spiro atoms. The second kappa shape index (κ2) is 5.18. The number of aryl methyl sites for hydroxylation is 1. The van der Waals surface area contributed by atoms with Gasteiger partial charge in [0.2, 0.25) is 0 Å². The Bertz CT molecular complexity index is 751. The van der Waals surface area contributed by atoms with E-state index in [9.17, 15) is 5.11 Å². The second-order valence-corrected chi connectivity index (χ2v) is 6.13. The van der Waals surface area contributed by atoms with Gasteiger partial charge in [-0.2, -0.15) is 0 Å². The number of nitrogens with one attached hydrogen (secondary N) is 1. The highest BCUT2D eigenvalue weighted by Crippen LogP contribution is 2.42. The minimum Gasteiger partial charge on any atom is -0.508 e. The van der Waals surface area contributed by atoms with Crippen molar-refractivity contribution in [2.24, 2.45) is 0 Å². The highest BCUT2D eigenvalue weighted by atomic mass is 16.3. The summed E-state index contributed by atoms with van der Waals surface area (Å²) in [4.78, 5) is 2.46. The molecule has 1 saturated heterocycles. The molecule has 1 unspecified atom stereocenters. The lowest BCUT2D eigenvalue weighted by molar-refractivity contribution is 0.293. The molecule has 2 aliphatic heterocycles. The number of phenolic OH excluding ortho intramolecular Hbond substituents is 1. The number of phenols is 1. The zero-order valence-corrected chi connectivity index (χ0v) is 12.7. The van der Waals surface area contributed by atoms with Gasteiger partial charge in [0, 0.05) is 30.9 Å². The second-order valence-electron chi connectivity index (χ2n) is 6.13. The van der Waals surface area contributed by atoms with Gasteiger partial charge in [-0.15, -0.1) is 0 Å². The molecular formula is C19H20N2O. The summed E-state index contributed by atoms with van der Waals surface area (Å²) in [5, 5.41) is 13.2. The third kappa shape index (κ3) is 2.09. The van der Waals surface area contributed by atoms with E-state index >= 15 is 0 Å². The summed E-state index contributed by atoms with van der Waals surface area (Å²) in [6.07, 6.45) is 0. The van der Waals surface area contributed by atoms with Crippen molar-refractivity contribution < 1.29 is 5.11 Å². The largest absolute Gasteiger partial charge is 0.508 e. The fourth-order valence-electron chi connectivity index (χ4n) is 3.61. The summed E-state index contributed by atoms with van der Waals surface area (Å²) in [7, 11) is 0. The Labute approximate surface area is 130 Å². The molecule has 2 aromatic rings. The van der Waals surface area contributed by atoms with Gasteiger partial charge in [-0.25, -0.2) is 0 Å². The Morgan fingerprint density at radius 3 is 2.86 bits per heavy atom. The molecule has 0 radical (unpaired) electrons. The lowest BCUT2D eigenvalue weighted by Gasteiger charge is -2.44. The van der Waals surface area contributed by atoms with Crippen molar-refractivity contribution >= 4 is 5.70 Å². The SMILES string of the molecule is Cc1ccccc1C1=C2CNCC2N1Cc1cccc(O)c1. The number of fused-ring (bicyclic) bond motifs is 1. The Hall–Kier alpha value is -2.26. The number of hydrogen-bond donors (Lipinski definition) is 2. The van der Waals surface area contributed by atoms with Gasteiger partial charge >= 0.3 is 0 Å². The molecule has 0 bridgehead atoms. The van der Waals surface area contributed by atoms with Crippen LogP contribution >= 0.6 is 0 Å². The van der Waals surface area contributed by atoms with Crippen LogP contribution < -0.4 is 5.32 Å². The molecule has 2 aliphatic rings. The molecule has 0 saturated carbocycles. The molecular weight excluding hydrogens is 272 g/mol. The van der Waals surface area contributed by atoms with Gasteiger partial charge in [0.1, 0.15) is 5.75 Å². The number of nitrogens with zero attached hydrogens (tertiary/aromatic N) is 1. The summed E-state index contributed by atoms with van der Waals surface area (Å²) in [6.45, 7) is 5.02. The highest BCUT2D eigenvalue weighted by molar-refractivity contribution is 5.77. The van der Waals surface area contributed by atoms with E-state index < -0.39 is 0 Å². The highest BCUT2D eigenvalue weighted by Gasteiger charge is 2.41. The van der Waals surface area contributed by atoms with E-state index in [2.05, 4.69) is 47.5 Å². The molecule has 0 aromatic heterocycles. The van der Waals surface area contributed by atoms with Crippen LogP contribution in [0.5, 0.6) is 5.75 Å². The Balaban J connectivity index is 1.70.